The van der Waals surface area contributed by atoms with Gasteiger partial charge in [0.05, 0.1) is 12.7 Å². The number of nitrogens with one attached hydrogen (secondary N) is 1. The lowest BCUT2D eigenvalue weighted by molar-refractivity contribution is -0.116. The number of hydrogen-bond donors (Lipinski definition) is 2. The van der Waals surface area contributed by atoms with Crippen LogP contribution in [0.4, 0.5) is 5.69 Å². The number of ether oxygens (including phenoxy) is 1. The maximum atomic E-state index is 12.2. The molecule has 1 unspecified atom stereocenters. The lowest BCUT2D eigenvalue weighted by atomic mass is 9.97. The van der Waals surface area contributed by atoms with E-state index in [0.717, 1.165) is 11.3 Å². The van der Waals surface area contributed by atoms with Gasteiger partial charge in [-0.3, -0.25) is 4.79 Å². The van der Waals surface area contributed by atoms with Crippen molar-refractivity contribution in [2.24, 2.45) is 0 Å². The van der Waals surface area contributed by atoms with Gasteiger partial charge in [0, 0.05) is 12.1 Å². The summed E-state index contributed by atoms with van der Waals surface area (Å²) in [6.45, 7) is 3.69. The highest BCUT2D eigenvalue weighted by atomic mass is 16.5. The van der Waals surface area contributed by atoms with Gasteiger partial charge in [0.15, 0.2) is 0 Å². The van der Waals surface area contributed by atoms with E-state index in [2.05, 4.69) is 5.32 Å². The Hall–Kier alpha value is -2.82. The number of amides is 1. The first kappa shape index (κ1) is 17.5. The van der Waals surface area contributed by atoms with Gasteiger partial charge in [0.25, 0.3) is 0 Å². The van der Waals surface area contributed by atoms with E-state index in [9.17, 15) is 9.59 Å². The number of benzene rings is 2. The molecular weight excluding hydrogens is 306 g/mol. The van der Waals surface area contributed by atoms with Gasteiger partial charge in [-0.1, -0.05) is 19.1 Å². The molecule has 2 rings (SSSR count). The standard InChI is InChI=1S/C19H21NO4/c1-12(14-4-7-16(24-3)8-5-14)11-18(21)20-15-6-9-17(19(22)23)13(2)10-15/h4-10,12H,11H2,1-3H3,(H,20,21)(H,22,23). The first-order valence-electron chi connectivity index (χ1n) is 7.68. The van der Waals surface area contributed by atoms with Crippen molar-refractivity contribution in [2.45, 2.75) is 26.2 Å². The van der Waals surface area contributed by atoms with Gasteiger partial charge in [-0.15, -0.1) is 0 Å². The Morgan fingerprint density at radius 1 is 1.17 bits per heavy atom. The Morgan fingerprint density at radius 3 is 2.38 bits per heavy atom. The van der Waals surface area contributed by atoms with Gasteiger partial charge >= 0.3 is 5.97 Å². The van der Waals surface area contributed by atoms with Crippen LogP contribution >= 0.6 is 0 Å². The van der Waals surface area contributed by atoms with E-state index in [1.54, 1.807) is 26.2 Å². The average Bonchev–Trinajstić information content (AvgIpc) is 2.54. The highest BCUT2D eigenvalue weighted by molar-refractivity contribution is 5.93. The van der Waals surface area contributed by atoms with E-state index in [4.69, 9.17) is 9.84 Å². The van der Waals surface area contributed by atoms with Crippen molar-refractivity contribution in [3.63, 3.8) is 0 Å². The molecule has 5 heteroatoms. The van der Waals surface area contributed by atoms with Crippen LogP contribution in [0.2, 0.25) is 0 Å². The molecule has 126 valence electrons. The summed E-state index contributed by atoms with van der Waals surface area (Å²) in [5.74, 6) is -0.237. The van der Waals surface area contributed by atoms with Crippen molar-refractivity contribution in [3.8, 4) is 5.75 Å². The molecule has 0 aromatic heterocycles. The molecule has 0 heterocycles. The molecule has 2 N–H and O–H groups in total. The molecule has 0 saturated heterocycles. The summed E-state index contributed by atoms with van der Waals surface area (Å²) in [4.78, 5) is 23.2. The zero-order valence-electron chi connectivity index (χ0n) is 14.0. The zero-order valence-corrected chi connectivity index (χ0v) is 14.0. The quantitative estimate of drug-likeness (QED) is 0.845. The smallest absolute Gasteiger partial charge is 0.335 e. The Kier molecular flexibility index (Phi) is 5.58. The summed E-state index contributed by atoms with van der Waals surface area (Å²) < 4.78 is 5.13. The molecule has 0 fully saturated rings. The third-order valence-corrected chi connectivity index (χ3v) is 3.92. The largest absolute Gasteiger partial charge is 0.497 e. The van der Waals surface area contributed by atoms with Gasteiger partial charge in [-0.2, -0.15) is 0 Å². The topological polar surface area (TPSA) is 75.6 Å². The third-order valence-electron chi connectivity index (χ3n) is 3.92. The number of rotatable bonds is 6. The summed E-state index contributed by atoms with van der Waals surface area (Å²) in [5.41, 5.74) is 2.51. The number of aromatic carboxylic acids is 1. The second-order valence-electron chi connectivity index (χ2n) is 5.76. The van der Waals surface area contributed by atoms with Crippen molar-refractivity contribution < 1.29 is 19.4 Å². The molecule has 0 aliphatic carbocycles. The van der Waals surface area contributed by atoms with Crippen molar-refractivity contribution in [2.75, 3.05) is 12.4 Å². The van der Waals surface area contributed by atoms with E-state index in [1.165, 1.54) is 6.07 Å². The molecule has 0 aliphatic rings. The summed E-state index contributed by atoms with van der Waals surface area (Å²) in [6.07, 6.45) is 0.339. The van der Waals surface area contributed by atoms with Crippen LogP contribution in [0, 0.1) is 6.92 Å². The average molecular weight is 327 g/mol. The van der Waals surface area contributed by atoms with Gasteiger partial charge in [0.1, 0.15) is 5.75 Å². The number of carboxylic acids is 1. The van der Waals surface area contributed by atoms with Crippen LogP contribution in [0.3, 0.4) is 0 Å². The predicted molar refractivity (Wildman–Crippen MR) is 92.8 cm³/mol. The van der Waals surface area contributed by atoms with Crippen LogP contribution in [0.5, 0.6) is 5.75 Å². The second kappa shape index (κ2) is 7.64. The minimum atomic E-state index is -0.974. The zero-order chi connectivity index (χ0) is 17.7. The molecule has 0 aliphatic heterocycles. The van der Waals surface area contributed by atoms with Crippen LogP contribution in [-0.4, -0.2) is 24.1 Å². The van der Waals surface area contributed by atoms with Crippen LogP contribution in [-0.2, 0) is 4.79 Å². The highest BCUT2D eigenvalue weighted by Crippen LogP contribution is 2.23. The Balaban J connectivity index is 1.99. The van der Waals surface area contributed by atoms with Crippen LogP contribution in [0.1, 0.15) is 40.7 Å². The van der Waals surface area contributed by atoms with Crippen LogP contribution in [0.15, 0.2) is 42.5 Å². The Morgan fingerprint density at radius 2 is 1.83 bits per heavy atom. The normalized spacial score (nSPS) is 11.6. The molecule has 24 heavy (non-hydrogen) atoms. The summed E-state index contributed by atoms with van der Waals surface area (Å²) in [6, 6.07) is 12.4. The van der Waals surface area contributed by atoms with Gasteiger partial charge in [0.2, 0.25) is 5.91 Å². The van der Waals surface area contributed by atoms with Crippen LogP contribution in [0.25, 0.3) is 0 Å². The number of methoxy groups -OCH3 is 1. The van der Waals surface area contributed by atoms with Crippen molar-refractivity contribution >= 4 is 17.6 Å². The summed E-state index contributed by atoms with van der Waals surface area (Å²) in [5, 5.41) is 11.8. The van der Waals surface area contributed by atoms with Gasteiger partial charge in [-0.25, -0.2) is 4.79 Å². The molecule has 2 aromatic rings. The van der Waals surface area contributed by atoms with Crippen molar-refractivity contribution in [3.05, 3.63) is 59.2 Å². The number of carboxylic acid groups (broad SMARTS) is 1. The third kappa shape index (κ3) is 4.35. The number of carbonyl (C=O) groups excluding carboxylic acids is 1. The molecule has 0 radical (unpaired) electrons. The minimum absolute atomic E-state index is 0.0651. The summed E-state index contributed by atoms with van der Waals surface area (Å²) >= 11 is 0. The molecule has 1 atom stereocenters. The molecular formula is C19H21NO4. The van der Waals surface area contributed by atoms with E-state index in [-0.39, 0.29) is 17.4 Å². The maximum absolute atomic E-state index is 12.2. The van der Waals surface area contributed by atoms with E-state index in [1.807, 2.05) is 31.2 Å². The molecule has 0 spiro atoms. The summed E-state index contributed by atoms with van der Waals surface area (Å²) in [7, 11) is 1.61. The van der Waals surface area contributed by atoms with E-state index in [0.29, 0.717) is 17.7 Å². The number of anilines is 1. The monoisotopic (exact) mass is 327 g/mol. The molecule has 0 saturated carbocycles. The SMILES string of the molecule is COc1ccc(C(C)CC(=O)Nc2ccc(C(=O)O)c(C)c2)cc1. The lowest BCUT2D eigenvalue weighted by Gasteiger charge is -2.13. The fourth-order valence-electron chi connectivity index (χ4n) is 2.52. The second-order valence-corrected chi connectivity index (χ2v) is 5.76. The van der Waals surface area contributed by atoms with Gasteiger partial charge in [-0.05, 0) is 54.3 Å². The first-order chi connectivity index (χ1) is 11.4. The van der Waals surface area contributed by atoms with Crippen molar-refractivity contribution in [1.82, 2.24) is 0 Å². The van der Waals surface area contributed by atoms with Gasteiger partial charge < -0.3 is 15.2 Å². The lowest BCUT2D eigenvalue weighted by Crippen LogP contribution is -2.14. The molecule has 0 bridgehead atoms. The highest BCUT2D eigenvalue weighted by Gasteiger charge is 2.13. The first-order valence-corrected chi connectivity index (χ1v) is 7.68. The fourth-order valence-corrected chi connectivity index (χ4v) is 2.52. The van der Waals surface area contributed by atoms with E-state index >= 15 is 0 Å². The van der Waals surface area contributed by atoms with Crippen molar-refractivity contribution in [1.29, 1.82) is 0 Å². The minimum Gasteiger partial charge on any atom is -0.497 e. The number of carbonyl (C=O) groups is 2. The fraction of sp³-hybridized carbons (Fsp3) is 0.263. The number of aryl methyl sites for hydroxylation is 1. The number of hydrogen-bond acceptors (Lipinski definition) is 3. The Labute approximate surface area is 141 Å². The molecule has 2 aromatic carbocycles. The predicted octanol–water partition coefficient (Wildman–Crippen LogP) is 3.83. The van der Waals surface area contributed by atoms with E-state index < -0.39 is 5.97 Å². The van der Waals surface area contributed by atoms with Crippen LogP contribution < -0.4 is 10.1 Å². The molecule has 1 amide bonds. The Bertz CT molecular complexity index is 738. The maximum Gasteiger partial charge on any atom is 0.335 e. The molecule has 5 nitrogen and oxygen atoms in total.